The second-order valence-electron chi connectivity index (χ2n) is 4.30. The Labute approximate surface area is 110 Å². The predicted molar refractivity (Wildman–Crippen MR) is 69.8 cm³/mol. The van der Waals surface area contributed by atoms with E-state index in [0.717, 1.165) is 5.39 Å². The maximum atomic E-state index is 11.9. The van der Waals surface area contributed by atoms with Crippen molar-refractivity contribution in [2.45, 2.75) is 19.4 Å². The van der Waals surface area contributed by atoms with Gasteiger partial charge in [-0.05, 0) is 19.1 Å². The van der Waals surface area contributed by atoms with Crippen LogP contribution in [-0.2, 0) is 9.53 Å². The number of fused-ring (bicyclic) bond motifs is 1. The van der Waals surface area contributed by atoms with Crippen LogP contribution in [0.3, 0.4) is 0 Å². The van der Waals surface area contributed by atoms with Crippen molar-refractivity contribution >= 4 is 22.8 Å². The molecule has 0 radical (unpaired) electrons. The molecule has 1 unspecified atom stereocenters. The number of hydrogen-bond acceptors (Lipinski definition) is 4. The third-order valence-corrected chi connectivity index (χ3v) is 2.73. The highest BCUT2D eigenvalue weighted by Gasteiger charge is 2.16. The molecule has 1 atom stereocenters. The molecule has 1 aromatic carbocycles. The van der Waals surface area contributed by atoms with Crippen molar-refractivity contribution < 1.29 is 18.7 Å². The molecule has 19 heavy (non-hydrogen) atoms. The highest BCUT2D eigenvalue weighted by atomic mass is 16.5. The zero-order valence-corrected chi connectivity index (χ0v) is 10.8. The summed E-state index contributed by atoms with van der Waals surface area (Å²) >= 11 is 0. The molecule has 100 valence electrons. The third-order valence-electron chi connectivity index (χ3n) is 2.73. The van der Waals surface area contributed by atoms with Gasteiger partial charge >= 0.3 is 5.97 Å². The van der Waals surface area contributed by atoms with Crippen LogP contribution < -0.4 is 5.32 Å². The lowest BCUT2D eigenvalue weighted by Gasteiger charge is -2.10. The van der Waals surface area contributed by atoms with Crippen molar-refractivity contribution in [2.75, 3.05) is 7.11 Å². The van der Waals surface area contributed by atoms with Crippen LogP contribution >= 0.6 is 0 Å². The van der Waals surface area contributed by atoms with Crippen molar-refractivity contribution in [2.24, 2.45) is 0 Å². The fourth-order valence-electron chi connectivity index (χ4n) is 1.77. The van der Waals surface area contributed by atoms with Crippen molar-refractivity contribution in [3.8, 4) is 0 Å². The van der Waals surface area contributed by atoms with E-state index in [0.29, 0.717) is 5.58 Å². The van der Waals surface area contributed by atoms with E-state index in [9.17, 15) is 9.59 Å². The number of hydrogen-bond donors (Lipinski definition) is 1. The lowest BCUT2D eigenvalue weighted by Crippen LogP contribution is -2.34. The molecule has 0 spiro atoms. The molecule has 0 aliphatic carbocycles. The van der Waals surface area contributed by atoms with E-state index in [1.165, 1.54) is 7.11 Å². The summed E-state index contributed by atoms with van der Waals surface area (Å²) in [6.45, 7) is 1.73. The number of furan rings is 1. The van der Waals surface area contributed by atoms with Gasteiger partial charge in [-0.3, -0.25) is 9.59 Å². The lowest BCUT2D eigenvalue weighted by atomic mass is 10.2. The summed E-state index contributed by atoms with van der Waals surface area (Å²) in [5, 5.41) is 3.56. The first kappa shape index (κ1) is 13.1. The van der Waals surface area contributed by atoms with E-state index in [1.807, 2.05) is 18.2 Å². The van der Waals surface area contributed by atoms with Crippen LogP contribution in [0.1, 0.15) is 23.9 Å². The molecule has 1 heterocycles. The SMILES string of the molecule is COC(=O)CC(C)NC(=O)c1cc2ccccc2o1. The van der Waals surface area contributed by atoms with Crippen molar-refractivity contribution in [1.29, 1.82) is 0 Å². The quantitative estimate of drug-likeness (QED) is 0.856. The zero-order chi connectivity index (χ0) is 13.8. The molecule has 5 heteroatoms. The predicted octanol–water partition coefficient (Wildman–Crippen LogP) is 2.11. The van der Waals surface area contributed by atoms with Crippen LogP contribution in [0.15, 0.2) is 34.7 Å². The average Bonchev–Trinajstić information content (AvgIpc) is 2.82. The summed E-state index contributed by atoms with van der Waals surface area (Å²) in [6, 6.07) is 8.74. The van der Waals surface area contributed by atoms with Crippen LogP contribution in [0, 0.1) is 0 Å². The van der Waals surface area contributed by atoms with Gasteiger partial charge in [-0.2, -0.15) is 0 Å². The smallest absolute Gasteiger partial charge is 0.307 e. The van der Waals surface area contributed by atoms with Crippen molar-refractivity contribution in [1.82, 2.24) is 5.32 Å². The Balaban J connectivity index is 2.05. The Morgan fingerprint density at radius 3 is 2.79 bits per heavy atom. The Morgan fingerprint density at radius 2 is 2.11 bits per heavy atom. The third kappa shape index (κ3) is 3.13. The molecule has 0 saturated heterocycles. The number of carbonyl (C=O) groups excluding carboxylic acids is 2. The van der Waals surface area contributed by atoms with Crippen LogP contribution in [0.5, 0.6) is 0 Å². The molecule has 0 saturated carbocycles. The van der Waals surface area contributed by atoms with Gasteiger partial charge in [0.2, 0.25) is 0 Å². The first-order chi connectivity index (χ1) is 9.10. The molecular formula is C14H15NO4. The Morgan fingerprint density at radius 1 is 1.37 bits per heavy atom. The molecule has 2 aromatic rings. The lowest BCUT2D eigenvalue weighted by molar-refractivity contribution is -0.141. The van der Waals surface area contributed by atoms with E-state index in [2.05, 4.69) is 10.1 Å². The Hall–Kier alpha value is -2.30. The Kier molecular flexibility index (Phi) is 3.85. The van der Waals surface area contributed by atoms with Crippen LogP contribution in [0.25, 0.3) is 11.0 Å². The first-order valence-corrected chi connectivity index (χ1v) is 5.96. The molecule has 0 fully saturated rings. The van der Waals surface area contributed by atoms with Gasteiger partial charge < -0.3 is 14.5 Å². The minimum Gasteiger partial charge on any atom is -0.469 e. The molecule has 1 N–H and O–H groups in total. The Bertz CT molecular complexity index is 569. The van der Waals surface area contributed by atoms with Crippen molar-refractivity contribution in [3.05, 3.63) is 36.1 Å². The standard InChI is InChI=1S/C14H15NO4/c1-9(7-13(16)18-2)15-14(17)12-8-10-5-3-4-6-11(10)19-12/h3-6,8-9H,7H2,1-2H3,(H,15,17). The molecule has 0 aliphatic heterocycles. The number of nitrogens with one attached hydrogen (secondary N) is 1. The number of rotatable bonds is 4. The van der Waals surface area contributed by atoms with E-state index >= 15 is 0 Å². The van der Waals surface area contributed by atoms with Gasteiger partial charge in [0.05, 0.1) is 13.5 Å². The average molecular weight is 261 g/mol. The monoisotopic (exact) mass is 261 g/mol. The van der Waals surface area contributed by atoms with Gasteiger partial charge in [0.25, 0.3) is 5.91 Å². The maximum absolute atomic E-state index is 11.9. The van der Waals surface area contributed by atoms with Gasteiger partial charge in [-0.25, -0.2) is 0 Å². The van der Waals surface area contributed by atoms with Gasteiger partial charge in [0, 0.05) is 11.4 Å². The molecule has 0 bridgehead atoms. The van der Waals surface area contributed by atoms with Crippen LogP contribution in [0.2, 0.25) is 0 Å². The summed E-state index contributed by atoms with van der Waals surface area (Å²) < 4.78 is 9.98. The van der Waals surface area contributed by atoms with Crippen LogP contribution in [0.4, 0.5) is 0 Å². The number of benzene rings is 1. The molecule has 0 aliphatic rings. The minimum absolute atomic E-state index is 0.127. The number of amides is 1. The molecule has 1 aromatic heterocycles. The fourth-order valence-corrected chi connectivity index (χ4v) is 1.77. The molecule has 5 nitrogen and oxygen atoms in total. The normalized spacial score (nSPS) is 12.1. The highest BCUT2D eigenvalue weighted by molar-refractivity contribution is 5.96. The van der Waals surface area contributed by atoms with E-state index in [-0.39, 0.29) is 30.1 Å². The van der Waals surface area contributed by atoms with Gasteiger partial charge in [-0.1, -0.05) is 18.2 Å². The van der Waals surface area contributed by atoms with E-state index in [4.69, 9.17) is 4.42 Å². The van der Waals surface area contributed by atoms with Gasteiger partial charge in [0.1, 0.15) is 5.58 Å². The molecule has 1 amide bonds. The number of ether oxygens (including phenoxy) is 1. The molecule has 2 rings (SSSR count). The second-order valence-corrected chi connectivity index (χ2v) is 4.30. The zero-order valence-electron chi connectivity index (χ0n) is 10.8. The summed E-state index contributed by atoms with van der Waals surface area (Å²) in [5.41, 5.74) is 0.660. The maximum Gasteiger partial charge on any atom is 0.307 e. The summed E-state index contributed by atoms with van der Waals surface area (Å²) in [4.78, 5) is 23.0. The number of carbonyl (C=O) groups is 2. The summed E-state index contributed by atoms with van der Waals surface area (Å²) in [5.74, 6) is -0.470. The number of esters is 1. The highest BCUT2D eigenvalue weighted by Crippen LogP contribution is 2.18. The molecular weight excluding hydrogens is 246 g/mol. The van der Waals surface area contributed by atoms with E-state index in [1.54, 1.807) is 19.1 Å². The second kappa shape index (κ2) is 5.56. The topological polar surface area (TPSA) is 68.5 Å². The number of para-hydroxylation sites is 1. The van der Waals surface area contributed by atoms with E-state index < -0.39 is 0 Å². The largest absolute Gasteiger partial charge is 0.469 e. The van der Waals surface area contributed by atoms with Gasteiger partial charge in [-0.15, -0.1) is 0 Å². The fraction of sp³-hybridized carbons (Fsp3) is 0.286. The van der Waals surface area contributed by atoms with Crippen LogP contribution in [-0.4, -0.2) is 25.0 Å². The van der Waals surface area contributed by atoms with Gasteiger partial charge in [0.15, 0.2) is 5.76 Å². The minimum atomic E-state index is -0.364. The first-order valence-electron chi connectivity index (χ1n) is 5.96. The van der Waals surface area contributed by atoms with Crippen molar-refractivity contribution in [3.63, 3.8) is 0 Å². The summed E-state index contributed by atoms with van der Waals surface area (Å²) in [7, 11) is 1.32. The number of methoxy groups -OCH3 is 1. The summed E-state index contributed by atoms with van der Waals surface area (Å²) in [6.07, 6.45) is 0.127.